The van der Waals surface area contributed by atoms with Gasteiger partial charge in [0.15, 0.2) is 0 Å². The van der Waals surface area contributed by atoms with Crippen LogP contribution in [0.4, 0.5) is 4.39 Å². The van der Waals surface area contributed by atoms with Gasteiger partial charge in [-0.2, -0.15) is 0 Å². The highest BCUT2D eigenvalue weighted by atomic mass is 35.5. The quantitative estimate of drug-likeness (QED) is 0.868. The van der Waals surface area contributed by atoms with E-state index in [2.05, 4.69) is 23.7 Å². The molecule has 2 aromatic rings. The number of halogens is 2. The second-order valence-corrected chi connectivity index (χ2v) is 5.25. The average Bonchev–Trinajstić information content (AvgIpc) is 2.84. The van der Waals surface area contributed by atoms with Crippen LogP contribution < -0.4 is 5.32 Å². The van der Waals surface area contributed by atoms with Gasteiger partial charge in [-0.3, -0.25) is 0 Å². The molecule has 0 fully saturated rings. The molecule has 0 aliphatic carbocycles. The maximum Gasteiger partial charge on any atom is 0.142 e. The molecule has 1 atom stereocenters. The number of benzene rings is 1. The molecule has 1 nitrogen and oxygen atoms in total. The molecule has 1 unspecified atom stereocenters. The van der Waals surface area contributed by atoms with Crippen molar-refractivity contribution >= 4 is 22.9 Å². The first-order valence-electron chi connectivity index (χ1n) is 5.37. The third kappa shape index (κ3) is 3.28. The Morgan fingerprint density at radius 2 is 2.24 bits per heavy atom. The molecule has 90 valence electrons. The summed E-state index contributed by atoms with van der Waals surface area (Å²) in [6.07, 6.45) is 0. The predicted molar refractivity (Wildman–Crippen MR) is 71.0 cm³/mol. The smallest absolute Gasteiger partial charge is 0.142 e. The van der Waals surface area contributed by atoms with Crippen molar-refractivity contribution in [3.05, 3.63) is 57.0 Å². The topological polar surface area (TPSA) is 12.0 Å². The Balaban J connectivity index is 1.96. The van der Waals surface area contributed by atoms with Crippen molar-refractivity contribution in [1.29, 1.82) is 0 Å². The van der Waals surface area contributed by atoms with Gasteiger partial charge in [-0.25, -0.2) is 4.39 Å². The van der Waals surface area contributed by atoms with Crippen LogP contribution in [-0.2, 0) is 6.54 Å². The largest absolute Gasteiger partial charge is 0.305 e. The summed E-state index contributed by atoms with van der Waals surface area (Å²) in [5.74, 6) is -0.366. The molecule has 0 bridgehead atoms. The fraction of sp³-hybridized carbons (Fsp3) is 0.231. The average molecular weight is 270 g/mol. The Labute approximate surface area is 109 Å². The van der Waals surface area contributed by atoms with Crippen molar-refractivity contribution in [2.75, 3.05) is 0 Å². The summed E-state index contributed by atoms with van der Waals surface area (Å²) in [5, 5.41) is 5.57. The summed E-state index contributed by atoms with van der Waals surface area (Å²) >= 11 is 7.34. The molecule has 1 heterocycles. The van der Waals surface area contributed by atoms with Gasteiger partial charge in [0.05, 0.1) is 5.02 Å². The Morgan fingerprint density at radius 1 is 1.41 bits per heavy atom. The summed E-state index contributed by atoms with van der Waals surface area (Å²) in [6.45, 7) is 2.73. The molecule has 1 aromatic carbocycles. The first kappa shape index (κ1) is 12.6. The first-order chi connectivity index (χ1) is 8.16. The van der Waals surface area contributed by atoms with Gasteiger partial charge in [-0.05, 0) is 36.1 Å². The van der Waals surface area contributed by atoms with E-state index in [9.17, 15) is 4.39 Å². The Hall–Kier alpha value is -0.900. The maximum absolute atomic E-state index is 13.2. The predicted octanol–water partition coefficient (Wildman–Crippen LogP) is 4.39. The zero-order valence-electron chi connectivity index (χ0n) is 9.41. The zero-order valence-corrected chi connectivity index (χ0v) is 11.0. The Morgan fingerprint density at radius 3 is 2.88 bits per heavy atom. The fourth-order valence-corrected chi connectivity index (χ4v) is 2.44. The minimum Gasteiger partial charge on any atom is -0.305 e. The molecule has 0 radical (unpaired) electrons. The number of nitrogens with one attached hydrogen (secondary N) is 1. The van der Waals surface area contributed by atoms with Crippen molar-refractivity contribution in [2.45, 2.75) is 19.5 Å². The van der Waals surface area contributed by atoms with E-state index in [4.69, 9.17) is 11.6 Å². The molecule has 4 heteroatoms. The third-order valence-corrected chi connectivity index (χ3v) is 3.93. The maximum atomic E-state index is 13.2. The summed E-state index contributed by atoms with van der Waals surface area (Å²) < 4.78 is 13.2. The summed E-state index contributed by atoms with van der Waals surface area (Å²) in [6, 6.07) is 9.28. The molecule has 0 spiro atoms. The van der Waals surface area contributed by atoms with Crippen LogP contribution in [0.2, 0.25) is 5.02 Å². The third-order valence-electron chi connectivity index (χ3n) is 2.57. The van der Waals surface area contributed by atoms with Crippen molar-refractivity contribution in [2.24, 2.45) is 0 Å². The Kier molecular flexibility index (Phi) is 4.15. The van der Waals surface area contributed by atoms with E-state index in [1.807, 2.05) is 12.1 Å². The number of hydrogen-bond acceptors (Lipinski definition) is 2. The van der Waals surface area contributed by atoms with Crippen molar-refractivity contribution in [3.8, 4) is 0 Å². The minimum absolute atomic E-state index is 0.167. The molecule has 1 aromatic heterocycles. The highest BCUT2D eigenvalue weighted by molar-refractivity contribution is 7.10. The lowest BCUT2D eigenvalue weighted by Gasteiger charge is -2.12. The number of rotatable bonds is 4. The molecule has 0 saturated carbocycles. The van der Waals surface area contributed by atoms with Crippen LogP contribution >= 0.6 is 22.9 Å². The van der Waals surface area contributed by atoms with E-state index in [1.165, 1.54) is 10.9 Å². The van der Waals surface area contributed by atoms with Crippen LogP contribution in [0.25, 0.3) is 0 Å². The lowest BCUT2D eigenvalue weighted by atomic mass is 10.2. The van der Waals surface area contributed by atoms with Crippen molar-refractivity contribution in [1.82, 2.24) is 5.32 Å². The van der Waals surface area contributed by atoms with Crippen LogP contribution in [0, 0.1) is 5.82 Å². The van der Waals surface area contributed by atoms with Crippen LogP contribution in [0.15, 0.2) is 35.7 Å². The lowest BCUT2D eigenvalue weighted by molar-refractivity contribution is 0.576. The van der Waals surface area contributed by atoms with E-state index in [-0.39, 0.29) is 16.9 Å². The molecule has 0 aliphatic rings. The minimum atomic E-state index is -0.366. The molecule has 0 amide bonds. The van der Waals surface area contributed by atoms with Gasteiger partial charge < -0.3 is 5.32 Å². The summed E-state index contributed by atoms with van der Waals surface area (Å²) in [5.41, 5.74) is 0.898. The van der Waals surface area contributed by atoms with Crippen molar-refractivity contribution < 1.29 is 4.39 Å². The van der Waals surface area contributed by atoms with Gasteiger partial charge in [0.25, 0.3) is 0 Å². The fourth-order valence-electron chi connectivity index (χ4n) is 1.56. The molecule has 1 N–H and O–H groups in total. The van der Waals surface area contributed by atoms with Gasteiger partial charge in [0.2, 0.25) is 0 Å². The standard InChI is InChI=1S/C13H13ClFNS/c1-9(13-3-2-6-17-13)16-8-10-4-5-11(14)12(15)7-10/h2-7,9,16H,8H2,1H3. The first-order valence-corrected chi connectivity index (χ1v) is 6.63. The molecule has 17 heavy (non-hydrogen) atoms. The SMILES string of the molecule is CC(NCc1ccc(Cl)c(F)c1)c1cccs1. The van der Waals surface area contributed by atoms with Gasteiger partial charge in [-0.1, -0.05) is 23.7 Å². The molecular weight excluding hydrogens is 257 g/mol. The van der Waals surface area contributed by atoms with Crippen LogP contribution in [0.5, 0.6) is 0 Å². The normalized spacial score (nSPS) is 12.6. The van der Waals surface area contributed by atoms with E-state index in [1.54, 1.807) is 17.4 Å². The van der Waals surface area contributed by atoms with Crippen LogP contribution in [0.1, 0.15) is 23.4 Å². The highest BCUT2D eigenvalue weighted by Gasteiger charge is 2.06. The second-order valence-electron chi connectivity index (χ2n) is 3.87. The molecule has 0 aliphatic heterocycles. The van der Waals surface area contributed by atoms with Gasteiger partial charge in [0, 0.05) is 17.5 Å². The molecular formula is C13H13ClFNS. The molecule has 2 rings (SSSR count). The number of thiophene rings is 1. The van der Waals surface area contributed by atoms with Gasteiger partial charge >= 0.3 is 0 Å². The highest BCUT2D eigenvalue weighted by Crippen LogP contribution is 2.19. The van der Waals surface area contributed by atoms with Crippen molar-refractivity contribution in [3.63, 3.8) is 0 Å². The second kappa shape index (κ2) is 5.63. The summed E-state index contributed by atoms with van der Waals surface area (Å²) in [7, 11) is 0. The van der Waals surface area contributed by atoms with Crippen LogP contribution in [-0.4, -0.2) is 0 Å². The van der Waals surface area contributed by atoms with Gasteiger partial charge in [0.1, 0.15) is 5.82 Å². The van der Waals surface area contributed by atoms with E-state index in [0.717, 1.165) is 5.56 Å². The monoisotopic (exact) mass is 269 g/mol. The van der Waals surface area contributed by atoms with Crippen LogP contribution in [0.3, 0.4) is 0 Å². The van der Waals surface area contributed by atoms with Gasteiger partial charge in [-0.15, -0.1) is 11.3 Å². The summed E-state index contributed by atoms with van der Waals surface area (Å²) in [4.78, 5) is 1.28. The number of hydrogen-bond donors (Lipinski definition) is 1. The lowest BCUT2D eigenvalue weighted by Crippen LogP contribution is -2.17. The van der Waals surface area contributed by atoms with E-state index < -0.39 is 0 Å². The molecule has 0 saturated heterocycles. The zero-order chi connectivity index (χ0) is 12.3. The van der Waals surface area contributed by atoms with E-state index >= 15 is 0 Å². The van der Waals surface area contributed by atoms with E-state index in [0.29, 0.717) is 6.54 Å². The Bertz CT molecular complexity index is 484.